The van der Waals surface area contributed by atoms with Gasteiger partial charge in [-0.2, -0.15) is 0 Å². The molecule has 0 aliphatic carbocycles. The third kappa shape index (κ3) is 4640. The van der Waals surface area contributed by atoms with Crippen LogP contribution in [0.2, 0.25) is 0 Å². The Hall–Kier alpha value is 1.38. The molecule has 0 aliphatic heterocycles. The van der Waals surface area contributed by atoms with E-state index in [1.807, 2.05) is 0 Å². The first-order valence-corrected chi connectivity index (χ1v) is 5.55. The third-order valence-electron chi connectivity index (χ3n) is 0. The molecule has 22 heavy (non-hydrogen) atoms. The zero-order valence-electron chi connectivity index (χ0n) is 9.31. The van der Waals surface area contributed by atoms with Gasteiger partial charge in [-0.3, -0.25) is 0 Å². The van der Waals surface area contributed by atoms with Crippen LogP contribution in [0, 0.1) is 67.6 Å². The Morgan fingerprint density at radius 3 is 0.273 bits per heavy atom. The minimum atomic E-state index is -4.94. The number of hydrogen-bond donors (Lipinski definition) is 0. The van der Waals surface area contributed by atoms with E-state index in [2.05, 4.69) is 0 Å². The number of halogens is 3. The maximum atomic E-state index is 8.49. The van der Waals surface area contributed by atoms with Gasteiger partial charge in [-0.05, 0) is 0 Å². The van der Waals surface area contributed by atoms with Crippen molar-refractivity contribution in [3.05, 3.63) is 0 Å². The van der Waals surface area contributed by atoms with E-state index < -0.39 is 30.7 Å². The van der Waals surface area contributed by atoms with Crippen molar-refractivity contribution >= 4 is 0 Å². The molecule has 0 bridgehead atoms. The number of rotatable bonds is 0. The van der Waals surface area contributed by atoms with E-state index in [0.29, 0.717) is 0 Å². The predicted molar refractivity (Wildman–Crippen MR) is 21.7 cm³/mol. The van der Waals surface area contributed by atoms with Gasteiger partial charge in [0.25, 0.3) is 0 Å². The van der Waals surface area contributed by atoms with Crippen molar-refractivity contribution < 1.29 is 156 Å². The Kier molecular flexibility index (Phi) is 81.0. The topological polar surface area (TPSA) is 466 Å². The summed E-state index contributed by atoms with van der Waals surface area (Å²) in [6, 6.07) is 0. The van der Waals surface area contributed by atoms with Crippen molar-refractivity contribution in [2.75, 3.05) is 0 Å². The van der Waals surface area contributed by atoms with Gasteiger partial charge in [-0.1, -0.05) is 0 Å². The summed E-state index contributed by atoms with van der Waals surface area (Å²) in [5.74, 6) is 0. The van der Waals surface area contributed by atoms with E-state index in [4.69, 9.17) is 55.9 Å². The second-order valence-electron chi connectivity index (χ2n) is 1.13. The Morgan fingerprint density at radius 1 is 0.273 bits per heavy atom. The van der Waals surface area contributed by atoms with Crippen LogP contribution in [-0.4, -0.2) is 32.9 Å². The van der Waals surface area contributed by atoms with Crippen LogP contribution >= 0.6 is 0 Å². The van der Waals surface area contributed by atoms with E-state index in [9.17, 15) is 0 Å². The monoisotopic (exact) mass is 574 g/mol. The smallest absolute Gasteiger partial charge is 0.412 e. The largest absolute Gasteiger partial charge is 3.00 e. The molecule has 0 unspecified atom stereocenters. The molecule has 0 aromatic rings. The molecule has 0 fully saturated rings. The standard InChI is InChI=1S/3ClHO4.6H2O.Tm/c3*2-1(3,4)5;;;;;;;/h3*(H,2,3,4,5);6*1H2;/q;;;;;;;;;+3/p-3. The second-order valence-corrected chi connectivity index (χ2v) is 3.40. The molecule has 0 amide bonds. The zero-order chi connectivity index (χ0) is 13.5. The van der Waals surface area contributed by atoms with E-state index in [1.165, 1.54) is 0 Å². The molecule has 0 heterocycles. The van der Waals surface area contributed by atoms with Crippen LogP contribution in [0.4, 0.5) is 0 Å². The van der Waals surface area contributed by atoms with Gasteiger partial charge in [0.15, 0.2) is 0 Å². The molecule has 0 saturated carbocycles. The van der Waals surface area contributed by atoms with Gasteiger partial charge in [0.05, 0.1) is 0 Å². The Bertz CT molecular complexity index is 93.4. The van der Waals surface area contributed by atoms with Crippen molar-refractivity contribution in [3.8, 4) is 0 Å². The van der Waals surface area contributed by atoms with E-state index in [-0.39, 0.29) is 69.7 Å². The van der Waals surface area contributed by atoms with Crippen molar-refractivity contribution in [3.63, 3.8) is 0 Å². The average Bonchev–Trinajstić information content (AvgIpc) is 1.41. The molecular formula is H12Cl3O18Tm. The summed E-state index contributed by atoms with van der Waals surface area (Å²) in [4.78, 5) is 0. The van der Waals surface area contributed by atoms with E-state index >= 15 is 0 Å². The molecule has 22 heteroatoms. The van der Waals surface area contributed by atoms with Crippen LogP contribution in [0.1, 0.15) is 0 Å². The average molecular weight is 575 g/mol. The molecular weight excluding hydrogens is 563 g/mol. The molecule has 0 saturated heterocycles. The van der Waals surface area contributed by atoms with Gasteiger partial charge in [0.2, 0.25) is 0 Å². The molecule has 18 nitrogen and oxygen atoms in total. The van der Waals surface area contributed by atoms with Gasteiger partial charge in [-0.15, -0.1) is 30.7 Å². The molecule has 0 spiro atoms. The van der Waals surface area contributed by atoms with Crippen LogP contribution in [0.3, 0.4) is 0 Å². The van der Waals surface area contributed by atoms with Gasteiger partial charge in [0, 0.05) is 0 Å². The molecule has 154 valence electrons. The van der Waals surface area contributed by atoms with Crippen LogP contribution in [-0.2, 0) is 0 Å². The molecule has 0 rings (SSSR count). The zero-order valence-corrected chi connectivity index (χ0v) is 13.4. The summed E-state index contributed by atoms with van der Waals surface area (Å²) in [5, 5.41) is 0. The first-order chi connectivity index (χ1) is 6.00. The fourth-order valence-electron chi connectivity index (χ4n) is 0. The second kappa shape index (κ2) is 27.2. The van der Waals surface area contributed by atoms with Crippen LogP contribution in [0.25, 0.3) is 0 Å². The van der Waals surface area contributed by atoms with Crippen molar-refractivity contribution in [2.24, 2.45) is 0 Å². The van der Waals surface area contributed by atoms with Crippen LogP contribution in [0.5, 0.6) is 0 Å². The summed E-state index contributed by atoms with van der Waals surface area (Å²) >= 11 is 0. The third-order valence-corrected chi connectivity index (χ3v) is 0. The molecule has 0 aromatic heterocycles. The first kappa shape index (κ1) is 65.4. The van der Waals surface area contributed by atoms with Crippen LogP contribution in [0.15, 0.2) is 0 Å². The van der Waals surface area contributed by atoms with Gasteiger partial charge >= 0.3 is 36.9 Å². The summed E-state index contributed by atoms with van der Waals surface area (Å²) in [6.45, 7) is 0. The van der Waals surface area contributed by atoms with Gasteiger partial charge in [0.1, 0.15) is 0 Å². The first-order valence-electron chi connectivity index (χ1n) is 1.85. The Balaban J connectivity index is -0.0000000106. The minimum absolute atomic E-state index is 0. The SMILES string of the molecule is O.O.O.O.O.O.[O-][Cl+3]([O-])([O-])[O-].[O-][Cl+3]([O-])([O-])[O-].[O-][Cl+3]([O-])([O-])[O-].[Tm+3]. The quantitative estimate of drug-likeness (QED) is 0.260. The number of hydrogen-bond acceptors (Lipinski definition) is 12. The van der Waals surface area contributed by atoms with Gasteiger partial charge in [-0.25, -0.2) is 55.9 Å². The Morgan fingerprint density at radius 2 is 0.273 bits per heavy atom. The summed E-state index contributed by atoms with van der Waals surface area (Å²) in [6.07, 6.45) is 0. The fourth-order valence-corrected chi connectivity index (χ4v) is 0. The van der Waals surface area contributed by atoms with E-state index in [1.54, 1.807) is 0 Å². The summed E-state index contributed by atoms with van der Waals surface area (Å²) < 4.78 is 102. The molecule has 12 N–H and O–H groups in total. The summed E-state index contributed by atoms with van der Waals surface area (Å²) in [5.41, 5.74) is 0. The van der Waals surface area contributed by atoms with Gasteiger partial charge < -0.3 is 32.9 Å². The molecule has 0 atom stereocenters. The molecule has 0 aromatic carbocycles. The normalized spacial score (nSPS) is 8.18. The van der Waals surface area contributed by atoms with Crippen LogP contribution < -0.4 is 55.9 Å². The van der Waals surface area contributed by atoms with Crippen molar-refractivity contribution in [2.45, 2.75) is 0 Å². The maximum absolute atomic E-state index is 8.49. The predicted octanol–water partition coefficient (Wildman–Crippen LogP) is -19.2. The molecule has 0 radical (unpaired) electrons. The minimum Gasteiger partial charge on any atom is -0.412 e. The fraction of sp³-hybridized carbons (Fsp3) is 0. The van der Waals surface area contributed by atoms with Crippen molar-refractivity contribution in [1.82, 2.24) is 0 Å². The van der Waals surface area contributed by atoms with Crippen molar-refractivity contribution in [1.29, 1.82) is 0 Å². The van der Waals surface area contributed by atoms with E-state index in [0.717, 1.165) is 0 Å². The Labute approximate surface area is 155 Å². The molecule has 0 aliphatic rings. The summed E-state index contributed by atoms with van der Waals surface area (Å²) in [7, 11) is -14.8. The maximum Gasteiger partial charge on any atom is 3.00 e.